The Morgan fingerprint density at radius 2 is 2.06 bits per heavy atom. The third kappa shape index (κ3) is 3.81. The van der Waals surface area contributed by atoms with E-state index >= 15 is 0 Å². The van der Waals surface area contributed by atoms with Crippen molar-refractivity contribution in [1.82, 2.24) is 35.1 Å². The largest absolute Gasteiger partial charge is 0.459 e. The van der Waals surface area contributed by atoms with Gasteiger partial charge in [-0.15, -0.1) is 0 Å². The van der Waals surface area contributed by atoms with E-state index in [0.717, 1.165) is 53.6 Å². The normalized spacial score (nSPS) is 18.0. The minimum absolute atomic E-state index is 0.0295. The highest BCUT2D eigenvalue weighted by atomic mass is 16.5. The van der Waals surface area contributed by atoms with E-state index < -0.39 is 0 Å². The Labute approximate surface area is 180 Å². The number of H-pyrrole nitrogens is 1. The lowest BCUT2D eigenvalue weighted by Crippen LogP contribution is -2.37. The van der Waals surface area contributed by atoms with E-state index in [0.29, 0.717) is 17.9 Å². The van der Waals surface area contributed by atoms with Crippen LogP contribution in [0, 0.1) is 0 Å². The maximum Gasteiger partial charge on any atom is 0.322 e. The van der Waals surface area contributed by atoms with E-state index in [4.69, 9.17) is 14.7 Å². The van der Waals surface area contributed by atoms with Crippen LogP contribution in [-0.4, -0.2) is 49.0 Å². The van der Waals surface area contributed by atoms with Crippen LogP contribution >= 0.6 is 0 Å². The number of piperidine rings is 1. The zero-order valence-corrected chi connectivity index (χ0v) is 18.1. The molecule has 4 heterocycles. The molecule has 0 saturated carbocycles. The summed E-state index contributed by atoms with van der Waals surface area (Å²) in [6.07, 6.45) is 5.87. The molecule has 31 heavy (non-hydrogen) atoms. The Hall–Kier alpha value is -3.20. The summed E-state index contributed by atoms with van der Waals surface area (Å²) in [5, 5.41) is 19.8. The van der Waals surface area contributed by atoms with Crippen molar-refractivity contribution in [2.24, 2.45) is 0 Å². The zero-order valence-electron chi connectivity index (χ0n) is 18.1. The standard InChI is InChI=1S/C22H28N8O/c1-13(2)18-12-25-30-20(18)27-22(31-16-7-5-9-23-11-16)28-21(30)26-14(3)17-8-4-6-15-10-24-29-19(15)17/h4,6,8,10,12-14,16,23H,5,7,9,11H2,1-3H3,(H,24,29)(H,26,27,28)/t14?,16-/m1/s1. The summed E-state index contributed by atoms with van der Waals surface area (Å²) in [6.45, 7) is 8.22. The molecule has 1 fully saturated rings. The molecule has 0 radical (unpaired) electrons. The molecule has 9 heteroatoms. The lowest BCUT2D eigenvalue weighted by Gasteiger charge is -2.23. The smallest absolute Gasteiger partial charge is 0.322 e. The van der Waals surface area contributed by atoms with E-state index in [1.54, 1.807) is 4.52 Å². The van der Waals surface area contributed by atoms with Crippen molar-refractivity contribution in [3.63, 3.8) is 0 Å². The van der Waals surface area contributed by atoms with Crippen LogP contribution in [0.15, 0.2) is 30.6 Å². The van der Waals surface area contributed by atoms with Crippen LogP contribution in [0.4, 0.5) is 5.95 Å². The van der Waals surface area contributed by atoms with Crippen LogP contribution < -0.4 is 15.4 Å². The van der Waals surface area contributed by atoms with Crippen molar-refractivity contribution < 1.29 is 4.74 Å². The van der Waals surface area contributed by atoms with Gasteiger partial charge in [0.2, 0.25) is 5.95 Å². The maximum absolute atomic E-state index is 6.17. The summed E-state index contributed by atoms with van der Waals surface area (Å²) in [7, 11) is 0. The van der Waals surface area contributed by atoms with Gasteiger partial charge in [0.1, 0.15) is 6.10 Å². The van der Waals surface area contributed by atoms with Gasteiger partial charge in [-0.2, -0.15) is 24.7 Å². The van der Waals surface area contributed by atoms with Crippen molar-refractivity contribution in [2.45, 2.75) is 51.7 Å². The number of ether oxygens (including phenoxy) is 1. The van der Waals surface area contributed by atoms with Crippen molar-refractivity contribution in [2.75, 3.05) is 18.4 Å². The van der Waals surface area contributed by atoms with Gasteiger partial charge in [0.05, 0.1) is 24.0 Å². The second-order valence-electron chi connectivity index (χ2n) is 8.45. The van der Waals surface area contributed by atoms with Crippen LogP contribution in [0.1, 0.15) is 56.7 Å². The van der Waals surface area contributed by atoms with Crippen LogP contribution in [0.3, 0.4) is 0 Å². The quantitative estimate of drug-likeness (QED) is 0.439. The molecular weight excluding hydrogens is 392 g/mol. The second-order valence-corrected chi connectivity index (χ2v) is 8.45. The summed E-state index contributed by atoms with van der Waals surface area (Å²) < 4.78 is 7.94. The molecule has 0 amide bonds. The molecule has 162 valence electrons. The predicted molar refractivity (Wildman–Crippen MR) is 120 cm³/mol. The highest BCUT2D eigenvalue weighted by Gasteiger charge is 2.21. The number of benzene rings is 1. The monoisotopic (exact) mass is 420 g/mol. The fourth-order valence-corrected chi connectivity index (χ4v) is 4.12. The van der Waals surface area contributed by atoms with Gasteiger partial charge in [0.15, 0.2) is 5.65 Å². The van der Waals surface area contributed by atoms with Gasteiger partial charge < -0.3 is 15.4 Å². The summed E-state index contributed by atoms with van der Waals surface area (Å²) in [6, 6.07) is 6.53. The highest BCUT2D eigenvalue weighted by molar-refractivity contribution is 5.81. The number of fused-ring (bicyclic) bond motifs is 2. The first-order valence-electron chi connectivity index (χ1n) is 10.9. The Bertz CT molecular complexity index is 1190. The lowest BCUT2D eigenvalue weighted by molar-refractivity contribution is 0.153. The Kier molecular flexibility index (Phi) is 5.19. The molecule has 0 aliphatic carbocycles. The molecule has 1 unspecified atom stereocenters. The summed E-state index contributed by atoms with van der Waals surface area (Å²) >= 11 is 0. The van der Waals surface area contributed by atoms with Gasteiger partial charge in [0, 0.05) is 17.5 Å². The second kappa shape index (κ2) is 8.14. The maximum atomic E-state index is 6.17. The first kappa shape index (κ1) is 19.7. The number of aromatic amines is 1. The molecule has 3 aromatic heterocycles. The van der Waals surface area contributed by atoms with Crippen LogP contribution in [0.25, 0.3) is 16.6 Å². The van der Waals surface area contributed by atoms with Gasteiger partial charge in [-0.1, -0.05) is 32.0 Å². The average molecular weight is 421 g/mol. The van der Waals surface area contributed by atoms with Crippen molar-refractivity contribution in [1.29, 1.82) is 0 Å². The fourth-order valence-electron chi connectivity index (χ4n) is 4.12. The number of rotatable bonds is 6. The van der Waals surface area contributed by atoms with Gasteiger partial charge in [-0.05, 0) is 37.8 Å². The molecule has 1 aliphatic rings. The molecule has 2 atom stereocenters. The lowest BCUT2D eigenvalue weighted by atomic mass is 10.1. The topological polar surface area (TPSA) is 105 Å². The van der Waals surface area contributed by atoms with Crippen LogP contribution in [0.5, 0.6) is 6.01 Å². The van der Waals surface area contributed by atoms with Crippen LogP contribution in [-0.2, 0) is 0 Å². The average Bonchev–Trinajstić information content (AvgIpc) is 3.41. The third-order valence-electron chi connectivity index (χ3n) is 5.84. The molecular formula is C22H28N8O. The predicted octanol–water partition coefficient (Wildman–Crippen LogP) is 3.43. The van der Waals surface area contributed by atoms with Gasteiger partial charge in [-0.25, -0.2) is 0 Å². The minimum atomic E-state index is -0.0295. The molecule has 1 aliphatic heterocycles. The minimum Gasteiger partial charge on any atom is -0.459 e. The van der Waals surface area contributed by atoms with Crippen molar-refractivity contribution >= 4 is 22.5 Å². The first-order valence-corrected chi connectivity index (χ1v) is 10.9. The molecule has 5 rings (SSSR count). The van der Waals surface area contributed by atoms with Gasteiger partial charge in [0.25, 0.3) is 0 Å². The number of hydrogen-bond acceptors (Lipinski definition) is 7. The summed E-state index contributed by atoms with van der Waals surface area (Å²) in [5.41, 5.74) is 3.97. The Balaban J connectivity index is 1.52. The molecule has 1 saturated heterocycles. The number of nitrogens with one attached hydrogen (secondary N) is 3. The number of aromatic nitrogens is 6. The van der Waals surface area contributed by atoms with E-state index in [1.165, 1.54) is 0 Å². The van der Waals surface area contributed by atoms with Crippen molar-refractivity contribution in [3.8, 4) is 6.01 Å². The molecule has 1 aromatic carbocycles. The fraction of sp³-hybridized carbons (Fsp3) is 0.455. The Morgan fingerprint density at radius 3 is 2.87 bits per heavy atom. The van der Waals surface area contributed by atoms with E-state index in [2.05, 4.69) is 52.8 Å². The summed E-state index contributed by atoms with van der Waals surface area (Å²) in [5.74, 6) is 0.903. The van der Waals surface area contributed by atoms with Gasteiger partial charge in [-0.3, -0.25) is 5.10 Å². The van der Waals surface area contributed by atoms with E-state index in [-0.39, 0.29) is 12.1 Å². The van der Waals surface area contributed by atoms with Crippen LogP contribution in [0.2, 0.25) is 0 Å². The van der Waals surface area contributed by atoms with E-state index in [1.807, 2.05) is 24.5 Å². The number of hydrogen-bond donors (Lipinski definition) is 3. The molecule has 0 spiro atoms. The number of nitrogens with zero attached hydrogens (tertiary/aromatic N) is 5. The van der Waals surface area contributed by atoms with E-state index in [9.17, 15) is 0 Å². The molecule has 4 aromatic rings. The first-order chi connectivity index (χ1) is 15.1. The molecule has 0 bridgehead atoms. The third-order valence-corrected chi connectivity index (χ3v) is 5.84. The van der Waals surface area contributed by atoms with Gasteiger partial charge >= 0.3 is 6.01 Å². The Morgan fingerprint density at radius 1 is 1.16 bits per heavy atom. The molecule has 3 N–H and O–H groups in total. The van der Waals surface area contributed by atoms with Crippen molar-refractivity contribution in [3.05, 3.63) is 41.7 Å². The number of para-hydroxylation sites is 1. The number of anilines is 1. The highest BCUT2D eigenvalue weighted by Crippen LogP contribution is 2.28. The summed E-state index contributed by atoms with van der Waals surface area (Å²) in [4.78, 5) is 9.42. The SMILES string of the molecule is CC(C)c1cnn2c(NC(C)c3cccc4cn[nH]c34)nc(O[C@@H]3CCCNC3)nc12. The zero-order chi connectivity index (χ0) is 21.4. The molecule has 9 nitrogen and oxygen atoms in total.